The minimum absolute atomic E-state index is 0.118. The van der Waals surface area contributed by atoms with Gasteiger partial charge in [0.25, 0.3) is 5.91 Å². The summed E-state index contributed by atoms with van der Waals surface area (Å²) in [5, 5.41) is 11.4. The number of nitrogens with one attached hydrogen (secondary N) is 1. The van der Waals surface area contributed by atoms with E-state index in [-0.39, 0.29) is 12.3 Å². The molecule has 0 radical (unpaired) electrons. The molecule has 92 valence electrons. The zero-order chi connectivity index (χ0) is 13.1. The van der Waals surface area contributed by atoms with Crippen molar-refractivity contribution in [1.82, 2.24) is 5.32 Å². The Morgan fingerprint density at radius 3 is 2.59 bits per heavy atom. The van der Waals surface area contributed by atoms with E-state index < -0.39 is 11.5 Å². The summed E-state index contributed by atoms with van der Waals surface area (Å²) in [7, 11) is 0. The summed E-state index contributed by atoms with van der Waals surface area (Å²) in [6, 6.07) is 6.94. The zero-order valence-corrected chi connectivity index (χ0v) is 11.2. The van der Waals surface area contributed by atoms with Gasteiger partial charge in [0.05, 0.1) is 6.42 Å². The number of halogens is 1. The zero-order valence-electron chi connectivity index (χ0n) is 9.66. The minimum atomic E-state index is -0.940. The molecule has 2 N–H and O–H groups in total. The smallest absolute Gasteiger partial charge is 0.305 e. The van der Waals surface area contributed by atoms with E-state index in [0.717, 1.165) is 4.47 Å². The Kier molecular flexibility index (Phi) is 4.28. The number of benzene rings is 1. The van der Waals surface area contributed by atoms with Crippen LogP contribution in [-0.4, -0.2) is 22.5 Å². The van der Waals surface area contributed by atoms with Crippen molar-refractivity contribution in [3.05, 3.63) is 34.3 Å². The summed E-state index contributed by atoms with van der Waals surface area (Å²) in [5.41, 5.74) is -0.275. The summed E-state index contributed by atoms with van der Waals surface area (Å²) < 4.78 is 0.807. The van der Waals surface area contributed by atoms with Gasteiger partial charge in [-0.25, -0.2) is 0 Å². The van der Waals surface area contributed by atoms with Crippen LogP contribution in [0.25, 0.3) is 0 Å². The highest BCUT2D eigenvalue weighted by atomic mass is 79.9. The molecule has 0 saturated carbocycles. The number of carbonyl (C=O) groups is 2. The first kappa shape index (κ1) is 13.7. The van der Waals surface area contributed by atoms with Gasteiger partial charge >= 0.3 is 5.97 Å². The second-order valence-corrected chi connectivity index (χ2v) is 5.33. The Balaban J connectivity index is 2.75. The van der Waals surface area contributed by atoms with Gasteiger partial charge in [0, 0.05) is 15.6 Å². The van der Waals surface area contributed by atoms with Crippen LogP contribution in [0.15, 0.2) is 28.7 Å². The van der Waals surface area contributed by atoms with E-state index in [0.29, 0.717) is 5.56 Å². The molecule has 0 bridgehead atoms. The number of carboxylic acid groups (broad SMARTS) is 1. The largest absolute Gasteiger partial charge is 0.481 e. The fourth-order valence-electron chi connectivity index (χ4n) is 1.43. The van der Waals surface area contributed by atoms with Crippen LogP contribution in [0, 0.1) is 0 Å². The average molecular weight is 300 g/mol. The van der Waals surface area contributed by atoms with E-state index in [2.05, 4.69) is 21.2 Å². The molecule has 0 aliphatic heterocycles. The van der Waals surface area contributed by atoms with E-state index in [1.54, 1.807) is 32.0 Å². The molecule has 0 unspecified atom stereocenters. The van der Waals surface area contributed by atoms with Crippen LogP contribution in [0.5, 0.6) is 0 Å². The monoisotopic (exact) mass is 299 g/mol. The molecule has 4 nitrogen and oxygen atoms in total. The molecule has 5 heteroatoms. The highest BCUT2D eigenvalue weighted by Crippen LogP contribution is 2.14. The number of aliphatic carboxylic acids is 1. The number of carboxylic acids is 1. The van der Waals surface area contributed by atoms with Gasteiger partial charge in [-0.05, 0) is 32.0 Å². The van der Waals surface area contributed by atoms with Crippen molar-refractivity contribution in [2.45, 2.75) is 25.8 Å². The SMILES string of the molecule is CC(C)(CC(=O)O)NC(=O)c1cccc(Br)c1. The van der Waals surface area contributed by atoms with Gasteiger partial charge in [-0.3, -0.25) is 9.59 Å². The summed E-state index contributed by atoms with van der Waals surface area (Å²) >= 11 is 3.28. The third-order valence-corrected chi connectivity index (χ3v) is 2.63. The van der Waals surface area contributed by atoms with E-state index in [9.17, 15) is 9.59 Å². The molecule has 0 aliphatic rings. The number of hydrogen-bond acceptors (Lipinski definition) is 2. The number of carbonyl (C=O) groups excluding carboxylic acids is 1. The average Bonchev–Trinajstić information content (AvgIpc) is 2.14. The first-order valence-electron chi connectivity index (χ1n) is 5.10. The maximum Gasteiger partial charge on any atom is 0.305 e. The van der Waals surface area contributed by atoms with Gasteiger partial charge in [-0.1, -0.05) is 22.0 Å². The molecule has 1 aromatic carbocycles. The molecule has 17 heavy (non-hydrogen) atoms. The van der Waals surface area contributed by atoms with Crippen molar-refractivity contribution < 1.29 is 14.7 Å². The molecular weight excluding hydrogens is 286 g/mol. The van der Waals surface area contributed by atoms with E-state index in [1.165, 1.54) is 0 Å². The van der Waals surface area contributed by atoms with E-state index >= 15 is 0 Å². The van der Waals surface area contributed by atoms with Crippen molar-refractivity contribution in [2.75, 3.05) is 0 Å². The summed E-state index contributed by atoms with van der Waals surface area (Å²) in [6.07, 6.45) is -0.118. The number of amides is 1. The Bertz CT molecular complexity index is 443. The van der Waals surface area contributed by atoms with Gasteiger partial charge in [0.2, 0.25) is 0 Å². The van der Waals surface area contributed by atoms with Crippen LogP contribution in [0.2, 0.25) is 0 Å². The molecule has 0 atom stereocenters. The standard InChI is InChI=1S/C12H14BrNO3/c1-12(2,7-10(15)16)14-11(17)8-4-3-5-9(13)6-8/h3-6H,7H2,1-2H3,(H,14,17)(H,15,16). The van der Waals surface area contributed by atoms with Gasteiger partial charge in [0.1, 0.15) is 0 Å². The van der Waals surface area contributed by atoms with Crippen LogP contribution in [0.3, 0.4) is 0 Å². The Labute approximate surface area is 108 Å². The third kappa shape index (κ3) is 4.56. The second-order valence-electron chi connectivity index (χ2n) is 4.42. The second kappa shape index (κ2) is 5.31. The molecule has 1 amide bonds. The fraction of sp³-hybridized carbons (Fsp3) is 0.333. The van der Waals surface area contributed by atoms with Crippen LogP contribution in [0.1, 0.15) is 30.6 Å². The molecule has 0 fully saturated rings. The molecule has 0 aliphatic carbocycles. The van der Waals surface area contributed by atoms with Crippen LogP contribution >= 0.6 is 15.9 Å². The summed E-state index contributed by atoms with van der Waals surface area (Å²) in [6.45, 7) is 3.36. The normalized spacial score (nSPS) is 11.0. The Morgan fingerprint density at radius 1 is 1.41 bits per heavy atom. The van der Waals surface area contributed by atoms with Crippen molar-refractivity contribution in [3.8, 4) is 0 Å². The van der Waals surface area contributed by atoms with Crippen molar-refractivity contribution in [2.24, 2.45) is 0 Å². The van der Waals surface area contributed by atoms with Crippen molar-refractivity contribution >= 4 is 27.8 Å². The Hall–Kier alpha value is -1.36. The van der Waals surface area contributed by atoms with Gasteiger partial charge in [0.15, 0.2) is 0 Å². The van der Waals surface area contributed by atoms with E-state index in [4.69, 9.17) is 5.11 Å². The van der Waals surface area contributed by atoms with Crippen LogP contribution in [-0.2, 0) is 4.79 Å². The molecular formula is C12H14BrNO3. The van der Waals surface area contributed by atoms with Crippen LogP contribution in [0.4, 0.5) is 0 Å². The number of hydrogen-bond donors (Lipinski definition) is 2. The molecule has 0 heterocycles. The third-order valence-electron chi connectivity index (χ3n) is 2.13. The molecule has 0 spiro atoms. The predicted molar refractivity (Wildman–Crippen MR) is 67.9 cm³/mol. The lowest BCUT2D eigenvalue weighted by Gasteiger charge is -2.24. The van der Waals surface area contributed by atoms with Gasteiger partial charge < -0.3 is 10.4 Å². The lowest BCUT2D eigenvalue weighted by Crippen LogP contribution is -2.44. The highest BCUT2D eigenvalue weighted by molar-refractivity contribution is 9.10. The molecule has 0 saturated heterocycles. The Morgan fingerprint density at radius 2 is 2.06 bits per heavy atom. The minimum Gasteiger partial charge on any atom is -0.481 e. The molecule has 1 aromatic rings. The first-order valence-corrected chi connectivity index (χ1v) is 5.89. The lowest BCUT2D eigenvalue weighted by atomic mass is 10.00. The van der Waals surface area contributed by atoms with Crippen molar-refractivity contribution in [1.29, 1.82) is 0 Å². The molecule has 0 aromatic heterocycles. The van der Waals surface area contributed by atoms with Crippen molar-refractivity contribution in [3.63, 3.8) is 0 Å². The maximum atomic E-state index is 11.9. The molecule has 1 rings (SSSR count). The van der Waals surface area contributed by atoms with Crippen LogP contribution < -0.4 is 5.32 Å². The quantitative estimate of drug-likeness (QED) is 0.897. The summed E-state index contributed by atoms with van der Waals surface area (Å²) in [5.74, 6) is -1.22. The van der Waals surface area contributed by atoms with E-state index in [1.807, 2.05) is 6.07 Å². The number of rotatable bonds is 4. The lowest BCUT2D eigenvalue weighted by molar-refractivity contribution is -0.138. The fourth-order valence-corrected chi connectivity index (χ4v) is 1.83. The topological polar surface area (TPSA) is 66.4 Å². The van der Waals surface area contributed by atoms with Gasteiger partial charge in [-0.2, -0.15) is 0 Å². The highest BCUT2D eigenvalue weighted by Gasteiger charge is 2.24. The summed E-state index contributed by atoms with van der Waals surface area (Å²) in [4.78, 5) is 22.5. The van der Waals surface area contributed by atoms with Gasteiger partial charge in [-0.15, -0.1) is 0 Å². The predicted octanol–water partition coefficient (Wildman–Crippen LogP) is 2.43. The first-order chi connectivity index (χ1) is 7.80. The maximum absolute atomic E-state index is 11.9.